The maximum absolute atomic E-state index is 9.68. The van der Waals surface area contributed by atoms with Crippen molar-refractivity contribution < 1.29 is 4.74 Å². The van der Waals surface area contributed by atoms with Gasteiger partial charge in [-0.1, -0.05) is 43.8 Å². The standard InChI is InChI=1S/C27H25N5O/c1-4-15-29-24-11-7-5-9-21(24)18(2)30-27-23-10-6-8-12-25(23)31-26(32-27)22-14-13-20(33-3)16-19(22)17-28/h5-14,16,29H,2,4,15H2,1,3H3,(H,30,31,32). The number of rotatable bonds is 8. The van der Waals surface area contributed by atoms with Crippen LogP contribution < -0.4 is 15.4 Å². The van der Waals surface area contributed by atoms with Gasteiger partial charge in [0.1, 0.15) is 17.6 Å². The molecule has 0 atom stereocenters. The molecule has 0 aliphatic rings. The van der Waals surface area contributed by atoms with E-state index in [1.807, 2.05) is 54.6 Å². The second-order valence-corrected chi connectivity index (χ2v) is 7.51. The van der Waals surface area contributed by atoms with Crippen LogP contribution >= 0.6 is 0 Å². The molecule has 0 saturated carbocycles. The SMILES string of the molecule is C=C(Nc1nc(-c2ccc(OC)cc2C#N)nc2ccccc12)c1ccccc1NCCC. The van der Waals surface area contributed by atoms with Crippen molar-refractivity contribution in [2.24, 2.45) is 0 Å². The Bertz CT molecular complexity index is 1360. The number of para-hydroxylation sites is 2. The molecule has 0 radical (unpaired) electrons. The molecular weight excluding hydrogens is 410 g/mol. The van der Waals surface area contributed by atoms with Crippen molar-refractivity contribution in [2.45, 2.75) is 13.3 Å². The molecule has 0 spiro atoms. The Labute approximate surface area is 193 Å². The minimum Gasteiger partial charge on any atom is -0.497 e. The van der Waals surface area contributed by atoms with Gasteiger partial charge >= 0.3 is 0 Å². The molecule has 33 heavy (non-hydrogen) atoms. The normalized spacial score (nSPS) is 10.5. The summed E-state index contributed by atoms with van der Waals surface area (Å²) in [7, 11) is 1.57. The summed E-state index contributed by atoms with van der Waals surface area (Å²) in [5, 5.41) is 17.4. The van der Waals surface area contributed by atoms with Crippen LogP contribution in [0.15, 0.2) is 73.3 Å². The van der Waals surface area contributed by atoms with Gasteiger partial charge in [-0.15, -0.1) is 0 Å². The third-order valence-corrected chi connectivity index (χ3v) is 5.28. The maximum atomic E-state index is 9.68. The van der Waals surface area contributed by atoms with Crippen molar-refractivity contribution in [3.63, 3.8) is 0 Å². The fraction of sp³-hybridized carbons (Fsp3) is 0.148. The summed E-state index contributed by atoms with van der Waals surface area (Å²) >= 11 is 0. The molecule has 1 aromatic heterocycles. The number of nitriles is 1. The minimum absolute atomic E-state index is 0.448. The molecule has 2 N–H and O–H groups in total. The maximum Gasteiger partial charge on any atom is 0.163 e. The molecule has 0 aliphatic heterocycles. The van der Waals surface area contributed by atoms with Gasteiger partial charge in [0.15, 0.2) is 5.82 Å². The predicted octanol–water partition coefficient (Wildman–Crippen LogP) is 6.08. The first-order chi connectivity index (χ1) is 16.1. The second kappa shape index (κ2) is 9.84. The number of benzene rings is 3. The molecule has 0 fully saturated rings. The van der Waals surface area contributed by atoms with Crippen molar-refractivity contribution >= 4 is 28.1 Å². The third kappa shape index (κ3) is 4.63. The van der Waals surface area contributed by atoms with Gasteiger partial charge in [0, 0.05) is 34.4 Å². The van der Waals surface area contributed by atoms with Crippen LogP contribution in [0.1, 0.15) is 24.5 Å². The molecule has 1 heterocycles. The predicted molar refractivity (Wildman–Crippen MR) is 134 cm³/mol. The van der Waals surface area contributed by atoms with E-state index in [1.54, 1.807) is 19.2 Å². The second-order valence-electron chi connectivity index (χ2n) is 7.51. The van der Waals surface area contributed by atoms with Crippen LogP contribution in [0, 0.1) is 11.3 Å². The zero-order chi connectivity index (χ0) is 23.2. The van der Waals surface area contributed by atoms with Gasteiger partial charge in [-0.05, 0) is 42.8 Å². The Kier molecular flexibility index (Phi) is 6.51. The van der Waals surface area contributed by atoms with E-state index in [0.717, 1.165) is 40.8 Å². The van der Waals surface area contributed by atoms with Gasteiger partial charge in [-0.2, -0.15) is 5.26 Å². The number of methoxy groups -OCH3 is 1. The van der Waals surface area contributed by atoms with Crippen LogP contribution in [0.2, 0.25) is 0 Å². The van der Waals surface area contributed by atoms with Crippen molar-refractivity contribution in [1.82, 2.24) is 9.97 Å². The van der Waals surface area contributed by atoms with E-state index in [1.165, 1.54) is 0 Å². The number of nitrogens with zero attached hydrogens (tertiary/aromatic N) is 3. The highest BCUT2D eigenvalue weighted by Gasteiger charge is 2.15. The monoisotopic (exact) mass is 435 g/mol. The van der Waals surface area contributed by atoms with E-state index in [0.29, 0.717) is 28.5 Å². The molecule has 6 nitrogen and oxygen atoms in total. The summed E-state index contributed by atoms with van der Waals surface area (Å²) in [6.07, 6.45) is 1.03. The van der Waals surface area contributed by atoms with Crippen LogP contribution in [-0.2, 0) is 0 Å². The average Bonchev–Trinajstić information content (AvgIpc) is 2.87. The Morgan fingerprint density at radius 1 is 1.06 bits per heavy atom. The van der Waals surface area contributed by atoms with Crippen molar-refractivity contribution in [2.75, 3.05) is 24.3 Å². The highest BCUT2D eigenvalue weighted by atomic mass is 16.5. The zero-order valence-corrected chi connectivity index (χ0v) is 18.7. The van der Waals surface area contributed by atoms with Crippen LogP contribution in [0.4, 0.5) is 11.5 Å². The van der Waals surface area contributed by atoms with Crippen molar-refractivity contribution in [3.8, 4) is 23.2 Å². The smallest absolute Gasteiger partial charge is 0.163 e. The molecule has 3 aromatic carbocycles. The van der Waals surface area contributed by atoms with Gasteiger partial charge in [0.05, 0.1) is 18.2 Å². The molecule has 0 bridgehead atoms. The molecule has 0 saturated heterocycles. The van der Waals surface area contributed by atoms with Gasteiger partial charge in [0.2, 0.25) is 0 Å². The van der Waals surface area contributed by atoms with E-state index in [4.69, 9.17) is 14.7 Å². The number of fused-ring (bicyclic) bond motifs is 1. The Morgan fingerprint density at radius 2 is 1.85 bits per heavy atom. The first-order valence-corrected chi connectivity index (χ1v) is 10.8. The molecule has 4 rings (SSSR count). The van der Waals surface area contributed by atoms with Gasteiger partial charge < -0.3 is 15.4 Å². The fourth-order valence-corrected chi connectivity index (χ4v) is 3.60. The number of aromatic nitrogens is 2. The minimum atomic E-state index is 0.448. The van der Waals surface area contributed by atoms with Crippen molar-refractivity contribution in [3.05, 3.63) is 84.4 Å². The van der Waals surface area contributed by atoms with E-state index in [9.17, 15) is 5.26 Å². The molecule has 0 amide bonds. The van der Waals surface area contributed by atoms with Gasteiger partial charge in [-0.25, -0.2) is 9.97 Å². The molecule has 0 aliphatic carbocycles. The molecule has 0 unspecified atom stereocenters. The quantitative estimate of drug-likeness (QED) is 0.349. The number of hydrogen-bond acceptors (Lipinski definition) is 6. The third-order valence-electron chi connectivity index (χ3n) is 5.28. The van der Waals surface area contributed by atoms with Crippen LogP contribution in [0.25, 0.3) is 28.0 Å². The first kappa shape index (κ1) is 21.8. The van der Waals surface area contributed by atoms with E-state index in [2.05, 4.69) is 30.2 Å². The lowest BCUT2D eigenvalue weighted by atomic mass is 10.1. The topological polar surface area (TPSA) is 82.9 Å². The summed E-state index contributed by atoms with van der Waals surface area (Å²) < 4.78 is 5.26. The van der Waals surface area contributed by atoms with E-state index >= 15 is 0 Å². The molecule has 4 aromatic rings. The summed E-state index contributed by atoms with van der Waals surface area (Å²) in [6, 6.07) is 23.4. The van der Waals surface area contributed by atoms with Crippen LogP contribution in [0.3, 0.4) is 0 Å². The Balaban J connectivity index is 1.78. The Hall–Kier alpha value is -4.37. The lowest BCUT2D eigenvalue weighted by Crippen LogP contribution is -2.07. The zero-order valence-electron chi connectivity index (χ0n) is 18.7. The lowest BCUT2D eigenvalue weighted by Gasteiger charge is -2.16. The summed E-state index contributed by atoms with van der Waals surface area (Å²) in [6.45, 7) is 7.28. The Morgan fingerprint density at radius 3 is 2.64 bits per heavy atom. The van der Waals surface area contributed by atoms with Crippen molar-refractivity contribution in [1.29, 1.82) is 5.26 Å². The highest BCUT2D eigenvalue weighted by molar-refractivity contribution is 5.95. The number of ether oxygens (including phenoxy) is 1. The average molecular weight is 436 g/mol. The largest absolute Gasteiger partial charge is 0.497 e. The number of anilines is 2. The molecule has 6 heteroatoms. The molecule has 164 valence electrons. The lowest BCUT2D eigenvalue weighted by molar-refractivity contribution is 0.414. The fourth-order valence-electron chi connectivity index (χ4n) is 3.60. The van der Waals surface area contributed by atoms with Crippen LogP contribution in [-0.4, -0.2) is 23.6 Å². The number of nitrogens with one attached hydrogen (secondary N) is 2. The van der Waals surface area contributed by atoms with Crippen LogP contribution in [0.5, 0.6) is 5.75 Å². The summed E-state index contributed by atoms with van der Waals surface area (Å²) in [4.78, 5) is 9.52. The first-order valence-electron chi connectivity index (χ1n) is 10.8. The summed E-state index contributed by atoms with van der Waals surface area (Å²) in [5.74, 6) is 1.70. The van der Waals surface area contributed by atoms with E-state index < -0.39 is 0 Å². The van der Waals surface area contributed by atoms with Gasteiger partial charge in [0.25, 0.3) is 0 Å². The number of hydrogen-bond donors (Lipinski definition) is 2. The molecular formula is C27H25N5O. The van der Waals surface area contributed by atoms with Gasteiger partial charge in [-0.3, -0.25) is 0 Å². The van der Waals surface area contributed by atoms with E-state index in [-0.39, 0.29) is 0 Å². The summed E-state index contributed by atoms with van der Waals surface area (Å²) in [5.41, 5.74) is 4.56. The highest BCUT2D eigenvalue weighted by Crippen LogP contribution is 2.31.